The van der Waals surface area contributed by atoms with Gasteiger partial charge in [0.05, 0.1) is 11.0 Å². The van der Waals surface area contributed by atoms with E-state index in [1.165, 1.54) is 11.1 Å². The number of para-hydroxylation sites is 2. The van der Waals surface area contributed by atoms with Crippen LogP contribution in [0.4, 0.5) is 5.82 Å². The van der Waals surface area contributed by atoms with Crippen LogP contribution < -0.4 is 10.1 Å². The minimum absolute atomic E-state index is 0.00563. The molecule has 0 saturated heterocycles. The first-order valence-corrected chi connectivity index (χ1v) is 10.8. The van der Waals surface area contributed by atoms with Gasteiger partial charge in [-0.25, -0.2) is 9.97 Å². The molecule has 3 heterocycles. The van der Waals surface area contributed by atoms with Crippen molar-refractivity contribution in [3.05, 3.63) is 77.2 Å². The summed E-state index contributed by atoms with van der Waals surface area (Å²) in [6, 6.07) is 16.5. The molecule has 1 saturated carbocycles. The highest BCUT2D eigenvalue weighted by atomic mass is 16.5. The number of rotatable bonds is 3. The molecular weight excluding hydrogens is 388 g/mol. The van der Waals surface area contributed by atoms with Crippen LogP contribution in [0.1, 0.15) is 40.8 Å². The summed E-state index contributed by atoms with van der Waals surface area (Å²) in [6.45, 7) is 0. The Kier molecular flexibility index (Phi) is 3.39. The number of nitrogens with zero attached hydrogens (tertiary/aromatic N) is 2. The predicted octanol–water partition coefficient (Wildman–Crippen LogP) is 4.69. The zero-order valence-electron chi connectivity index (χ0n) is 16.8. The maximum Gasteiger partial charge on any atom is 0.225 e. The van der Waals surface area contributed by atoms with Crippen LogP contribution in [0.25, 0.3) is 11.0 Å². The molecule has 3 atom stereocenters. The van der Waals surface area contributed by atoms with E-state index >= 15 is 0 Å². The molecule has 1 amide bonds. The highest BCUT2D eigenvalue weighted by molar-refractivity contribution is 5.93. The number of aromatic amines is 1. The monoisotopic (exact) mass is 408 g/mol. The SMILES string of the molecule is O=C1CCc2c(Oc3ccc4c(c3)[C@@H]3C(c5nc6ccccc6[nH]5)[C@@H]3C4)ccnc2N1. The van der Waals surface area contributed by atoms with E-state index < -0.39 is 0 Å². The number of hydrogen-bond acceptors (Lipinski definition) is 4. The number of hydrogen-bond donors (Lipinski definition) is 2. The van der Waals surface area contributed by atoms with E-state index in [2.05, 4.69) is 39.6 Å². The summed E-state index contributed by atoms with van der Waals surface area (Å²) in [6.07, 6.45) is 3.89. The molecule has 6 heteroatoms. The van der Waals surface area contributed by atoms with Crippen LogP contribution in [-0.2, 0) is 17.6 Å². The number of aromatic nitrogens is 3. The van der Waals surface area contributed by atoms with Crippen LogP contribution in [-0.4, -0.2) is 20.9 Å². The normalized spacial score (nSPS) is 23.1. The number of ether oxygens (including phenoxy) is 1. The Labute approximate surface area is 178 Å². The first-order chi connectivity index (χ1) is 15.2. The van der Waals surface area contributed by atoms with Crippen LogP contribution in [0, 0.1) is 5.92 Å². The van der Waals surface area contributed by atoms with Crippen molar-refractivity contribution in [3.63, 3.8) is 0 Å². The Morgan fingerprint density at radius 2 is 1.97 bits per heavy atom. The van der Waals surface area contributed by atoms with Crippen molar-refractivity contribution in [2.75, 3.05) is 5.32 Å². The van der Waals surface area contributed by atoms with Crippen molar-refractivity contribution in [1.82, 2.24) is 15.0 Å². The molecule has 7 rings (SSSR count). The van der Waals surface area contributed by atoms with Gasteiger partial charge in [-0.2, -0.15) is 0 Å². The molecule has 1 aliphatic heterocycles. The number of pyridine rings is 1. The molecule has 0 spiro atoms. The Hall–Kier alpha value is -3.67. The van der Waals surface area contributed by atoms with E-state index in [1.54, 1.807) is 6.20 Å². The van der Waals surface area contributed by atoms with Gasteiger partial charge < -0.3 is 15.0 Å². The molecule has 1 unspecified atom stereocenters. The van der Waals surface area contributed by atoms with Gasteiger partial charge in [0.25, 0.3) is 0 Å². The Morgan fingerprint density at radius 1 is 1.03 bits per heavy atom. The maximum atomic E-state index is 11.7. The van der Waals surface area contributed by atoms with Crippen molar-refractivity contribution in [2.24, 2.45) is 5.92 Å². The van der Waals surface area contributed by atoms with E-state index in [-0.39, 0.29) is 5.91 Å². The van der Waals surface area contributed by atoms with Crippen LogP contribution in [0.3, 0.4) is 0 Å². The third-order valence-corrected chi connectivity index (χ3v) is 6.92. The van der Waals surface area contributed by atoms with E-state index in [4.69, 9.17) is 9.72 Å². The smallest absolute Gasteiger partial charge is 0.225 e. The molecule has 2 aliphatic carbocycles. The number of amides is 1. The van der Waals surface area contributed by atoms with E-state index in [0.29, 0.717) is 36.4 Å². The lowest BCUT2D eigenvalue weighted by Crippen LogP contribution is -2.20. The third-order valence-electron chi connectivity index (χ3n) is 6.92. The molecule has 2 N–H and O–H groups in total. The minimum Gasteiger partial charge on any atom is -0.457 e. The number of imidazole rings is 1. The summed E-state index contributed by atoms with van der Waals surface area (Å²) in [5.41, 5.74) is 5.90. The van der Waals surface area contributed by atoms with Gasteiger partial charge >= 0.3 is 0 Å². The molecule has 2 aromatic carbocycles. The average molecular weight is 408 g/mol. The number of H-pyrrole nitrogens is 1. The largest absolute Gasteiger partial charge is 0.457 e. The summed E-state index contributed by atoms with van der Waals surface area (Å²) in [5.74, 6) is 4.91. The number of carbonyl (C=O) groups excluding carboxylic acids is 1. The van der Waals surface area contributed by atoms with Gasteiger partial charge in [0.15, 0.2) is 0 Å². The van der Waals surface area contributed by atoms with Gasteiger partial charge in [-0.05, 0) is 66.1 Å². The molecule has 152 valence electrons. The molecule has 3 aliphatic rings. The minimum atomic E-state index is 0.00563. The van der Waals surface area contributed by atoms with Gasteiger partial charge in [0, 0.05) is 24.1 Å². The first kappa shape index (κ1) is 17.1. The molecular formula is C25H20N4O2. The van der Waals surface area contributed by atoms with Crippen molar-refractivity contribution in [1.29, 1.82) is 0 Å². The van der Waals surface area contributed by atoms with Crippen LogP contribution >= 0.6 is 0 Å². The molecule has 1 fully saturated rings. The Balaban J connectivity index is 1.18. The molecule has 2 aromatic heterocycles. The summed E-state index contributed by atoms with van der Waals surface area (Å²) >= 11 is 0. The van der Waals surface area contributed by atoms with E-state index in [9.17, 15) is 4.79 Å². The van der Waals surface area contributed by atoms with E-state index in [0.717, 1.165) is 40.3 Å². The standard InChI is InChI=1S/C25H20N4O2/c30-21-8-7-15-20(9-10-26-24(15)29-21)31-14-6-5-13-11-17-22(16(13)12-14)23(17)25-27-18-3-1-2-4-19(18)28-25/h1-6,9-10,12,17,22-23H,7-8,11H2,(H,27,28)(H,26,29,30)/t17-,22+,23?/m1/s1. The highest BCUT2D eigenvalue weighted by Crippen LogP contribution is 2.66. The van der Waals surface area contributed by atoms with Gasteiger partial charge in [0.1, 0.15) is 23.1 Å². The summed E-state index contributed by atoms with van der Waals surface area (Å²) in [5, 5.41) is 2.84. The second kappa shape index (κ2) is 6.17. The van der Waals surface area contributed by atoms with Crippen molar-refractivity contribution < 1.29 is 9.53 Å². The van der Waals surface area contributed by atoms with Crippen LogP contribution in [0.5, 0.6) is 11.5 Å². The van der Waals surface area contributed by atoms with Crippen molar-refractivity contribution >= 4 is 22.8 Å². The van der Waals surface area contributed by atoms with Crippen LogP contribution in [0.15, 0.2) is 54.7 Å². The van der Waals surface area contributed by atoms with Crippen LogP contribution in [0.2, 0.25) is 0 Å². The van der Waals surface area contributed by atoms with Gasteiger partial charge in [-0.1, -0.05) is 18.2 Å². The second-order valence-corrected chi connectivity index (χ2v) is 8.71. The van der Waals surface area contributed by atoms with Gasteiger partial charge in [0.2, 0.25) is 5.91 Å². The fourth-order valence-corrected chi connectivity index (χ4v) is 5.42. The molecule has 31 heavy (non-hydrogen) atoms. The van der Waals surface area contributed by atoms with E-state index in [1.807, 2.05) is 24.3 Å². The summed E-state index contributed by atoms with van der Waals surface area (Å²) < 4.78 is 6.28. The molecule has 4 aromatic rings. The second-order valence-electron chi connectivity index (χ2n) is 8.71. The molecule has 6 nitrogen and oxygen atoms in total. The molecule has 0 radical (unpaired) electrons. The van der Waals surface area contributed by atoms with Gasteiger partial charge in [-0.15, -0.1) is 0 Å². The van der Waals surface area contributed by atoms with Crippen molar-refractivity contribution in [2.45, 2.75) is 31.1 Å². The highest BCUT2D eigenvalue weighted by Gasteiger charge is 2.57. The summed E-state index contributed by atoms with van der Waals surface area (Å²) in [4.78, 5) is 24.3. The fraction of sp³-hybridized carbons (Fsp3) is 0.240. The lowest BCUT2D eigenvalue weighted by molar-refractivity contribution is -0.116. The number of fused-ring (bicyclic) bond motifs is 5. The lowest BCUT2D eigenvalue weighted by atomic mass is 10.0. The number of carbonyl (C=O) groups is 1. The molecule has 0 bridgehead atoms. The fourth-order valence-electron chi connectivity index (χ4n) is 5.42. The topological polar surface area (TPSA) is 79.9 Å². The average Bonchev–Trinajstić information content (AvgIpc) is 3.13. The zero-order chi connectivity index (χ0) is 20.5. The van der Waals surface area contributed by atoms with Gasteiger partial charge in [-0.3, -0.25) is 4.79 Å². The number of benzene rings is 2. The predicted molar refractivity (Wildman–Crippen MR) is 116 cm³/mol. The third kappa shape index (κ3) is 2.61. The number of nitrogens with one attached hydrogen (secondary N) is 2. The quantitative estimate of drug-likeness (QED) is 0.515. The first-order valence-electron chi connectivity index (χ1n) is 10.8. The zero-order valence-corrected chi connectivity index (χ0v) is 16.8. The lowest BCUT2D eigenvalue weighted by Gasteiger charge is -2.19. The Bertz CT molecular complexity index is 1340. The Morgan fingerprint density at radius 3 is 2.90 bits per heavy atom. The number of anilines is 1. The maximum absolute atomic E-state index is 11.7. The summed E-state index contributed by atoms with van der Waals surface area (Å²) in [7, 11) is 0. The van der Waals surface area contributed by atoms with Crippen molar-refractivity contribution in [3.8, 4) is 11.5 Å².